The second-order valence-electron chi connectivity index (χ2n) is 7.37. The van der Waals surface area contributed by atoms with Gasteiger partial charge in [-0.1, -0.05) is 17.8 Å². The first kappa shape index (κ1) is 23.5. The van der Waals surface area contributed by atoms with Crippen LogP contribution in [0.4, 0.5) is 17.6 Å². The van der Waals surface area contributed by atoms with E-state index < -0.39 is 28.8 Å². The molecule has 4 rings (SSSR count). The molecule has 0 saturated heterocycles. The monoisotopic (exact) mass is 486 g/mol. The predicted octanol–water partition coefficient (Wildman–Crippen LogP) is 5.39. The Bertz CT molecular complexity index is 1310. The third kappa shape index (κ3) is 4.96. The van der Waals surface area contributed by atoms with Crippen LogP contribution in [-0.2, 0) is 12.3 Å². The number of pyridine rings is 1. The summed E-state index contributed by atoms with van der Waals surface area (Å²) in [6.45, 7) is 0.281. The lowest BCUT2D eigenvalue weighted by molar-refractivity contribution is 0.0776. The summed E-state index contributed by atoms with van der Waals surface area (Å²) in [5.41, 5.74) is 0.971. The molecule has 5 nitrogen and oxygen atoms in total. The van der Waals surface area contributed by atoms with E-state index in [4.69, 9.17) is 0 Å². The van der Waals surface area contributed by atoms with Crippen LogP contribution in [0.25, 0.3) is 5.69 Å². The maximum Gasteiger partial charge on any atom is 0.272 e. The number of imidazole rings is 1. The predicted molar refractivity (Wildman–Crippen MR) is 119 cm³/mol. The van der Waals surface area contributed by atoms with Crippen LogP contribution in [0.5, 0.6) is 0 Å². The number of thioether (sulfide) groups is 1. The van der Waals surface area contributed by atoms with Gasteiger partial charge in [0.25, 0.3) is 5.91 Å². The second kappa shape index (κ2) is 10.1. The van der Waals surface area contributed by atoms with Gasteiger partial charge in [-0.25, -0.2) is 22.5 Å². The SMILES string of the molecule is CN(Cc1cccnc1)C(=O)c1cnc(SCc2c(F)ccc(F)c2F)n1-c1ccc(F)cc1. The largest absolute Gasteiger partial charge is 0.336 e. The molecule has 1 amide bonds. The Hall–Kier alpha value is -3.66. The molecule has 2 aromatic heterocycles. The van der Waals surface area contributed by atoms with E-state index in [1.165, 1.54) is 39.9 Å². The minimum atomic E-state index is -1.28. The minimum Gasteiger partial charge on any atom is -0.336 e. The number of aromatic nitrogens is 3. The van der Waals surface area contributed by atoms with Crippen molar-refractivity contribution in [1.82, 2.24) is 19.4 Å². The topological polar surface area (TPSA) is 51.0 Å². The number of benzene rings is 2. The van der Waals surface area contributed by atoms with Crippen molar-refractivity contribution in [1.29, 1.82) is 0 Å². The highest BCUT2D eigenvalue weighted by Gasteiger charge is 2.23. The smallest absolute Gasteiger partial charge is 0.272 e. The molecule has 0 N–H and O–H groups in total. The zero-order valence-electron chi connectivity index (χ0n) is 17.9. The number of carbonyl (C=O) groups is 1. The van der Waals surface area contributed by atoms with Crippen molar-refractivity contribution in [2.24, 2.45) is 0 Å². The molecule has 4 aromatic rings. The first-order valence-corrected chi connectivity index (χ1v) is 11.1. The van der Waals surface area contributed by atoms with E-state index in [-0.39, 0.29) is 29.1 Å². The summed E-state index contributed by atoms with van der Waals surface area (Å²) in [4.78, 5) is 23.0. The van der Waals surface area contributed by atoms with Gasteiger partial charge in [-0.3, -0.25) is 14.3 Å². The highest BCUT2D eigenvalue weighted by Crippen LogP contribution is 2.29. The van der Waals surface area contributed by atoms with Gasteiger partial charge in [0.2, 0.25) is 0 Å². The van der Waals surface area contributed by atoms with Crippen LogP contribution in [0, 0.1) is 23.3 Å². The summed E-state index contributed by atoms with van der Waals surface area (Å²) in [6, 6.07) is 10.5. The van der Waals surface area contributed by atoms with Crippen LogP contribution in [0.1, 0.15) is 21.6 Å². The first-order valence-electron chi connectivity index (χ1n) is 10.1. The lowest BCUT2D eigenvalue weighted by atomic mass is 10.2. The van der Waals surface area contributed by atoms with Crippen molar-refractivity contribution < 1.29 is 22.4 Å². The van der Waals surface area contributed by atoms with Crippen LogP contribution in [0.3, 0.4) is 0 Å². The number of carbonyl (C=O) groups excluding carboxylic acids is 1. The summed E-state index contributed by atoms with van der Waals surface area (Å²) in [6.07, 6.45) is 4.61. The number of hydrogen-bond donors (Lipinski definition) is 0. The summed E-state index contributed by atoms with van der Waals surface area (Å²) in [5.74, 6) is -4.45. The average molecular weight is 486 g/mol. The van der Waals surface area contributed by atoms with Crippen LogP contribution < -0.4 is 0 Å². The molecule has 0 fully saturated rings. The Labute approximate surface area is 197 Å². The van der Waals surface area contributed by atoms with E-state index >= 15 is 0 Å². The lowest BCUT2D eigenvalue weighted by Crippen LogP contribution is -2.28. The number of nitrogens with zero attached hydrogens (tertiary/aromatic N) is 4. The molecule has 0 aliphatic rings. The van der Waals surface area contributed by atoms with Gasteiger partial charge in [-0.15, -0.1) is 0 Å². The molecule has 0 radical (unpaired) electrons. The van der Waals surface area contributed by atoms with Gasteiger partial charge in [0, 0.05) is 43.0 Å². The Morgan fingerprint density at radius 1 is 1.00 bits per heavy atom. The molecule has 174 valence electrons. The maximum absolute atomic E-state index is 14.1. The summed E-state index contributed by atoms with van der Waals surface area (Å²) < 4.78 is 56.8. The second-order valence-corrected chi connectivity index (χ2v) is 8.31. The third-order valence-electron chi connectivity index (χ3n) is 5.01. The molecule has 34 heavy (non-hydrogen) atoms. The molecular formula is C24H18F4N4OS. The van der Waals surface area contributed by atoms with Gasteiger partial charge in [-0.2, -0.15) is 0 Å². The Balaban J connectivity index is 1.67. The van der Waals surface area contributed by atoms with Crippen LogP contribution in [0.15, 0.2) is 72.3 Å². The van der Waals surface area contributed by atoms with Crippen molar-refractivity contribution in [3.63, 3.8) is 0 Å². The van der Waals surface area contributed by atoms with E-state index in [9.17, 15) is 22.4 Å². The molecule has 10 heteroatoms. The van der Waals surface area contributed by atoms with Crippen molar-refractivity contribution in [3.8, 4) is 5.69 Å². The first-order chi connectivity index (χ1) is 16.3. The fourth-order valence-corrected chi connectivity index (χ4v) is 4.30. The number of halogens is 4. The molecule has 0 bridgehead atoms. The van der Waals surface area contributed by atoms with Crippen molar-refractivity contribution >= 4 is 17.7 Å². The van der Waals surface area contributed by atoms with E-state index in [2.05, 4.69) is 9.97 Å². The Morgan fingerprint density at radius 2 is 1.74 bits per heavy atom. The molecule has 0 aliphatic carbocycles. The molecule has 0 atom stereocenters. The van der Waals surface area contributed by atoms with E-state index in [1.54, 1.807) is 25.5 Å². The van der Waals surface area contributed by atoms with Gasteiger partial charge in [0.05, 0.1) is 6.20 Å². The molecule has 0 spiro atoms. The van der Waals surface area contributed by atoms with Crippen LogP contribution >= 0.6 is 11.8 Å². The third-order valence-corrected chi connectivity index (χ3v) is 5.99. The lowest BCUT2D eigenvalue weighted by Gasteiger charge is -2.19. The molecular weight excluding hydrogens is 468 g/mol. The number of amides is 1. The number of rotatable bonds is 7. The van der Waals surface area contributed by atoms with Crippen molar-refractivity contribution in [2.75, 3.05) is 7.05 Å². The highest BCUT2D eigenvalue weighted by atomic mass is 32.2. The minimum absolute atomic E-state index is 0.167. The van der Waals surface area contributed by atoms with Gasteiger partial charge in [0.15, 0.2) is 16.8 Å². The Morgan fingerprint density at radius 3 is 2.44 bits per heavy atom. The van der Waals surface area contributed by atoms with Crippen LogP contribution in [-0.4, -0.2) is 32.4 Å². The van der Waals surface area contributed by atoms with Crippen LogP contribution in [0.2, 0.25) is 0 Å². The fourth-order valence-electron chi connectivity index (χ4n) is 3.30. The van der Waals surface area contributed by atoms with E-state index in [0.717, 1.165) is 23.4 Å². The van der Waals surface area contributed by atoms with Gasteiger partial charge in [0.1, 0.15) is 17.3 Å². The molecule has 2 heterocycles. The van der Waals surface area contributed by atoms with Gasteiger partial charge < -0.3 is 4.90 Å². The molecule has 0 saturated carbocycles. The average Bonchev–Trinajstić information content (AvgIpc) is 3.26. The Kier molecular flexibility index (Phi) is 6.97. The zero-order valence-corrected chi connectivity index (χ0v) is 18.7. The van der Waals surface area contributed by atoms with E-state index in [0.29, 0.717) is 11.8 Å². The maximum atomic E-state index is 14.1. The molecule has 0 unspecified atom stereocenters. The standard InChI is InChI=1S/C24H18F4N4OS/c1-31(13-15-3-2-10-29-11-15)23(33)21-12-30-24(32(21)17-6-4-16(25)5-7-17)34-14-18-19(26)8-9-20(27)22(18)28/h2-12H,13-14H2,1H3. The van der Waals surface area contributed by atoms with Crippen molar-refractivity contribution in [3.05, 3.63) is 107 Å². The summed E-state index contributed by atoms with van der Waals surface area (Å²) >= 11 is 0.921. The quantitative estimate of drug-likeness (QED) is 0.200. The summed E-state index contributed by atoms with van der Waals surface area (Å²) in [5, 5.41) is 0.229. The highest BCUT2D eigenvalue weighted by molar-refractivity contribution is 7.98. The fraction of sp³-hybridized carbons (Fsp3) is 0.125. The normalized spacial score (nSPS) is 11.0. The number of hydrogen-bond acceptors (Lipinski definition) is 4. The van der Waals surface area contributed by atoms with Gasteiger partial charge >= 0.3 is 0 Å². The molecule has 0 aliphatic heterocycles. The summed E-state index contributed by atoms with van der Waals surface area (Å²) in [7, 11) is 1.61. The van der Waals surface area contributed by atoms with E-state index in [1.807, 2.05) is 6.07 Å². The molecule has 2 aromatic carbocycles. The zero-order chi connectivity index (χ0) is 24.2. The van der Waals surface area contributed by atoms with Crippen molar-refractivity contribution in [2.45, 2.75) is 17.5 Å². The van der Waals surface area contributed by atoms with Gasteiger partial charge in [-0.05, 0) is 48.0 Å².